The Bertz CT molecular complexity index is 3200. The molecular weight excluding hydrogens is 692 g/mol. The molecule has 0 amide bonds. The molecule has 0 bridgehead atoms. The van der Waals surface area contributed by atoms with Gasteiger partial charge in [0.2, 0.25) is 0 Å². The number of fused-ring (bicyclic) bond motifs is 6. The molecule has 2 heterocycles. The Balaban J connectivity index is 1.41. The van der Waals surface area contributed by atoms with E-state index in [0.717, 1.165) is 66.5 Å². The molecule has 2 aromatic heterocycles. The van der Waals surface area contributed by atoms with Gasteiger partial charge in [-0.25, -0.2) is 4.85 Å². The molecule has 0 unspecified atom stereocenters. The second-order valence-corrected chi connectivity index (χ2v) is 13.5. The van der Waals surface area contributed by atoms with Crippen molar-refractivity contribution >= 4 is 49.3 Å². The van der Waals surface area contributed by atoms with E-state index in [2.05, 4.69) is 26.1 Å². The van der Waals surface area contributed by atoms with Gasteiger partial charge in [0.05, 0.1) is 68.8 Å². The molecule has 0 N–H and O–H groups in total. The second kappa shape index (κ2) is 12.5. The molecule has 8 heteroatoms. The highest BCUT2D eigenvalue weighted by Crippen LogP contribution is 2.43. The van der Waals surface area contributed by atoms with Crippen molar-refractivity contribution in [2.75, 3.05) is 0 Å². The van der Waals surface area contributed by atoms with Gasteiger partial charge in [0.25, 0.3) is 0 Å². The lowest BCUT2D eigenvalue weighted by Gasteiger charge is -2.20. The number of aromatic nitrogens is 2. The quantitative estimate of drug-likeness (QED) is 0.170. The molecule has 0 aliphatic carbocycles. The molecule has 9 rings (SSSR count). The zero-order valence-electron chi connectivity index (χ0n) is 29.1. The zero-order chi connectivity index (χ0) is 38.0. The Morgan fingerprint density at radius 1 is 0.545 bits per heavy atom. The third-order valence-electron chi connectivity index (χ3n) is 10.2. The summed E-state index contributed by atoms with van der Waals surface area (Å²) in [4.78, 5) is 3.68. The fourth-order valence-corrected chi connectivity index (χ4v) is 7.84. The van der Waals surface area contributed by atoms with Crippen molar-refractivity contribution < 1.29 is 13.2 Å². The van der Waals surface area contributed by atoms with E-state index >= 15 is 0 Å². The summed E-state index contributed by atoms with van der Waals surface area (Å²) in [6.45, 7) is 9.36. The average Bonchev–Trinajstić information content (AvgIpc) is 3.71. The first-order valence-electron chi connectivity index (χ1n) is 17.4. The molecule has 9 aromatic rings. The van der Waals surface area contributed by atoms with Crippen molar-refractivity contribution in [3.63, 3.8) is 0 Å². The van der Waals surface area contributed by atoms with E-state index in [4.69, 9.17) is 6.57 Å². The molecule has 0 spiro atoms. The van der Waals surface area contributed by atoms with E-state index in [1.165, 1.54) is 6.07 Å². The molecule has 0 radical (unpaired) electrons. The highest BCUT2D eigenvalue weighted by atomic mass is 19.4. The first-order valence-corrected chi connectivity index (χ1v) is 17.4. The summed E-state index contributed by atoms with van der Waals surface area (Å²) in [5.41, 5.74) is 8.60. The summed E-state index contributed by atoms with van der Waals surface area (Å²) < 4.78 is 46.5. The van der Waals surface area contributed by atoms with Crippen molar-refractivity contribution in [2.24, 2.45) is 0 Å². The number of halogens is 3. The Morgan fingerprint density at radius 3 is 1.73 bits per heavy atom. The van der Waals surface area contributed by atoms with Crippen LogP contribution in [0.1, 0.15) is 22.3 Å². The van der Waals surface area contributed by atoms with Gasteiger partial charge in [-0.3, -0.25) is 0 Å². The fraction of sp³-hybridized carbons (Fsp3) is 0.0426. The lowest BCUT2D eigenvalue weighted by atomic mass is 9.94. The molecule has 0 atom stereocenters. The molecule has 0 aliphatic rings. The van der Waals surface area contributed by atoms with E-state index in [9.17, 15) is 23.7 Å². The van der Waals surface area contributed by atoms with Gasteiger partial charge in [0.15, 0.2) is 5.69 Å². The highest BCUT2D eigenvalue weighted by molar-refractivity contribution is 6.12. The standard InChI is InChI=1S/C47H26F3N5/c1-28-19-32(23-33(20-28)47(48,49)50)31-13-16-38(46(24-31)55-42-10-6-4-8-36(42)40-25-34(53-2)14-18-44(40)55)37-15-11-30(27-52)22-45(37)54-41-9-5-3-7-35(41)39-21-29(26-51)12-17-43(39)54/h3-25H,1H3. The van der Waals surface area contributed by atoms with E-state index in [0.29, 0.717) is 39.2 Å². The van der Waals surface area contributed by atoms with Crippen LogP contribution >= 0.6 is 0 Å². The van der Waals surface area contributed by atoms with Crippen LogP contribution in [0.3, 0.4) is 0 Å². The molecule has 55 heavy (non-hydrogen) atoms. The number of nitriles is 2. The third kappa shape index (κ3) is 5.38. The first-order chi connectivity index (χ1) is 26.7. The minimum atomic E-state index is -4.52. The van der Waals surface area contributed by atoms with E-state index in [-0.39, 0.29) is 0 Å². The van der Waals surface area contributed by atoms with Crippen molar-refractivity contribution in [1.29, 1.82) is 10.5 Å². The van der Waals surface area contributed by atoms with Gasteiger partial charge in [-0.05, 0) is 102 Å². The first kappa shape index (κ1) is 33.3. The van der Waals surface area contributed by atoms with E-state index < -0.39 is 11.7 Å². The summed E-state index contributed by atoms with van der Waals surface area (Å²) in [6.07, 6.45) is -4.52. The summed E-state index contributed by atoms with van der Waals surface area (Å²) in [7, 11) is 0. The lowest BCUT2D eigenvalue weighted by Crippen LogP contribution is -2.05. The normalized spacial score (nSPS) is 11.6. The molecule has 0 saturated heterocycles. The minimum Gasteiger partial charge on any atom is -0.309 e. The molecule has 0 saturated carbocycles. The van der Waals surface area contributed by atoms with Gasteiger partial charge >= 0.3 is 6.18 Å². The topological polar surface area (TPSA) is 61.8 Å². The van der Waals surface area contributed by atoms with Gasteiger partial charge in [0, 0.05) is 27.3 Å². The van der Waals surface area contributed by atoms with Crippen LogP contribution in [0.4, 0.5) is 18.9 Å². The van der Waals surface area contributed by atoms with Crippen LogP contribution < -0.4 is 0 Å². The van der Waals surface area contributed by atoms with Crippen molar-refractivity contribution in [3.8, 4) is 45.8 Å². The van der Waals surface area contributed by atoms with Crippen molar-refractivity contribution in [2.45, 2.75) is 13.1 Å². The van der Waals surface area contributed by atoms with Crippen LogP contribution in [0.15, 0.2) is 140 Å². The summed E-state index contributed by atoms with van der Waals surface area (Å²) in [5, 5.41) is 23.5. The van der Waals surface area contributed by atoms with Crippen LogP contribution in [0.2, 0.25) is 0 Å². The van der Waals surface area contributed by atoms with Gasteiger partial charge in [-0.15, -0.1) is 0 Å². The molecule has 260 valence electrons. The Labute approximate surface area is 313 Å². The third-order valence-corrected chi connectivity index (χ3v) is 10.2. The second-order valence-electron chi connectivity index (χ2n) is 13.5. The monoisotopic (exact) mass is 717 g/mol. The fourth-order valence-electron chi connectivity index (χ4n) is 7.84. The number of hydrogen-bond acceptors (Lipinski definition) is 2. The predicted molar refractivity (Wildman–Crippen MR) is 211 cm³/mol. The lowest BCUT2D eigenvalue weighted by molar-refractivity contribution is -0.137. The number of alkyl halides is 3. The van der Waals surface area contributed by atoms with E-state index in [1.807, 2.05) is 103 Å². The number of aryl methyl sites for hydroxylation is 1. The number of benzene rings is 7. The number of para-hydroxylation sites is 2. The summed E-state index contributed by atoms with van der Waals surface area (Å²) in [5.74, 6) is 0. The average molecular weight is 718 g/mol. The molecule has 0 fully saturated rings. The van der Waals surface area contributed by atoms with Gasteiger partial charge in [0.1, 0.15) is 0 Å². The van der Waals surface area contributed by atoms with Crippen molar-refractivity contribution in [3.05, 3.63) is 173 Å². The number of nitrogens with zero attached hydrogens (tertiary/aromatic N) is 5. The molecule has 0 aliphatic heterocycles. The van der Waals surface area contributed by atoms with E-state index in [1.54, 1.807) is 31.2 Å². The maximum Gasteiger partial charge on any atom is 0.416 e. The number of hydrogen-bond donors (Lipinski definition) is 0. The predicted octanol–water partition coefficient (Wildman–Crippen LogP) is 12.8. The Hall–Kier alpha value is -7.60. The van der Waals surface area contributed by atoms with Crippen LogP contribution in [-0.4, -0.2) is 9.13 Å². The van der Waals surface area contributed by atoms with Gasteiger partial charge in [-0.1, -0.05) is 66.7 Å². The molecule has 5 nitrogen and oxygen atoms in total. The SMILES string of the molecule is [C-]#[N+]c1ccc2c(c1)c1ccccc1n2-c1cc(-c2cc(C)cc(C(F)(F)F)c2)ccc1-c1ccc(C#N)cc1-n1c2ccccc2c2cc(C#N)ccc21. The molecule has 7 aromatic carbocycles. The smallest absolute Gasteiger partial charge is 0.309 e. The van der Waals surface area contributed by atoms with Crippen LogP contribution in [0.25, 0.3) is 82.1 Å². The van der Waals surface area contributed by atoms with Crippen molar-refractivity contribution in [1.82, 2.24) is 9.13 Å². The minimum absolute atomic E-state index is 0.423. The highest BCUT2D eigenvalue weighted by Gasteiger charge is 2.31. The molecular formula is C47H26F3N5. The van der Waals surface area contributed by atoms with Crippen LogP contribution in [-0.2, 0) is 6.18 Å². The summed E-state index contributed by atoms with van der Waals surface area (Å²) in [6, 6.07) is 46.7. The van der Waals surface area contributed by atoms with Gasteiger partial charge in [-0.2, -0.15) is 23.7 Å². The Kier molecular flexibility index (Phi) is 7.57. The summed E-state index contributed by atoms with van der Waals surface area (Å²) >= 11 is 0. The number of rotatable bonds is 4. The largest absolute Gasteiger partial charge is 0.416 e. The van der Waals surface area contributed by atoms with Crippen LogP contribution in [0.5, 0.6) is 0 Å². The Morgan fingerprint density at radius 2 is 1.09 bits per heavy atom. The maximum absolute atomic E-state index is 14.1. The maximum atomic E-state index is 14.1. The zero-order valence-corrected chi connectivity index (χ0v) is 29.1. The van der Waals surface area contributed by atoms with Gasteiger partial charge < -0.3 is 9.13 Å². The van der Waals surface area contributed by atoms with Crippen LogP contribution in [0, 0.1) is 36.2 Å².